The number of amides is 1. The Morgan fingerprint density at radius 2 is 1.62 bits per heavy atom. The Labute approximate surface area is 137 Å². The minimum atomic E-state index is -2.99. The highest BCUT2D eigenvalue weighted by atomic mass is 19.3. The van der Waals surface area contributed by atoms with E-state index < -0.39 is 12.5 Å². The average Bonchev–Trinajstić information content (AvgIpc) is 2.55. The molecular formula is C17H15F2NO4. The molecule has 0 fully saturated rings. The van der Waals surface area contributed by atoms with Crippen molar-refractivity contribution in [2.75, 3.05) is 12.4 Å². The van der Waals surface area contributed by atoms with Crippen molar-refractivity contribution in [1.29, 1.82) is 0 Å². The third-order valence-corrected chi connectivity index (χ3v) is 3.19. The van der Waals surface area contributed by atoms with Crippen LogP contribution in [0.15, 0.2) is 42.5 Å². The molecule has 0 aromatic heterocycles. The number of rotatable bonds is 6. The summed E-state index contributed by atoms with van der Waals surface area (Å²) >= 11 is 0. The molecule has 0 spiro atoms. The Bertz CT molecular complexity index is 745. The van der Waals surface area contributed by atoms with Crippen LogP contribution in [0.25, 0.3) is 0 Å². The quantitative estimate of drug-likeness (QED) is 0.817. The Morgan fingerprint density at radius 3 is 2.17 bits per heavy atom. The van der Waals surface area contributed by atoms with E-state index in [2.05, 4.69) is 10.1 Å². The maximum Gasteiger partial charge on any atom is 0.387 e. The Morgan fingerprint density at radius 1 is 1.00 bits per heavy atom. The summed E-state index contributed by atoms with van der Waals surface area (Å²) in [6.45, 7) is -1.54. The van der Waals surface area contributed by atoms with Crippen molar-refractivity contribution in [2.24, 2.45) is 0 Å². The van der Waals surface area contributed by atoms with Gasteiger partial charge in [-0.25, -0.2) is 0 Å². The van der Waals surface area contributed by atoms with E-state index >= 15 is 0 Å². The number of carbonyl (C=O) groups excluding carboxylic acids is 2. The molecule has 0 atom stereocenters. The fraction of sp³-hybridized carbons (Fsp3) is 0.176. The molecule has 0 aliphatic carbocycles. The summed E-state index contributed by atoms with van der Waals surface area (Å²) < 4.78 is 33.8. The van der Waals surface area contributed by atoms with Crippen LogP contribution in [-0.4, -0.2) is 25.4 Å². The predicted octanol–water partition coefficient (Wildman–Crippen LogP) is 3.75. The zero-order valence-corrected chi connectivity index (χ0v) is 13.0. The highest BCUT2D eigenvalue weighted by Gasteiger charge is 2.14. The van der Waals surface area contributed by atoms with E-state index in [0.29, 0.717) is 11.3 Å². The lowest BCUT2D eigenvalue weighted by Crippen LogP contribution is -2.12. The van der Waals surface area contributed by atoms with Crippen LogP contribution < -0.4 is 14.8 Å². The predicted molar refractivity (Wildman–Crippen MR) is 84.0 cm³/mol. The van der Waals surface area contributed by atoms with Crippen molar-refractivity contribution in [2.45, 2.75) is 13.5 Å². The molecule has 1 amide bonds. The summed E-state index contributed by atoms with van der Waals surface area (Å²) in [4.78, 5) is 23.4. The van der Waals surface area contributed by atoms with Crippen LogP contribution in [-0.2, 0) is 0 Å². The van der Waals surface area contributed by atoms with Gasteiger partial charge in [0.15, 0.2) is 17.3 Å². The summed E-state index contributed by atoms with van der Waals surface area (Å²) in [5.41, 5.74) is 1.24. The number of hydrogen-bond acceptors (Lipinski definition) is 4. The number of alkyl halides is 2. The molecule has 5 nitrogen and oxygen atoms in total. The normalized spacial score (nSPS) is 10.4. The van der Waals surface area contributed by atoms with E-state index in [4.69, 9.17) is 4.74 Å². The first-order chi connectivity index (χ1) is 11.4. The number of methoxy groups -OCH3 is 1. The van der Waals surface area contributed by atoms with Gasteiger partial charge >= 0.3 is 6.61 Å². The number of benzene rings is 2. The molecule has 0 unspecified atom stereocenters. The molecule has 24 heavy (non-hydrogen) atoms. The highest BCUT2D eigenvalue weighted by molar-refractivity contribution is 6.05. The van der Waals surface area contributed by atoms with Crippen LogP contribution >= 0.6 is 0 Å². The third kappa shape index (κ3) is 4.28. The van der Waals surface area contributed by atoms with Crippen molar-refractivity contribution in [1.82, 2.24) is 0 Å². The van der Waals surface area contributed by atoms with Crippen molar-refractivity contribution in [3.8, 4) is 11.5 Å². The molecule has 0 aliphatic rings. The molecular weight excluding hydrogens is 320 g/mol. The van der Waals surface area contributed by atoms with E-state index in [1.165, 1.54) is 32.2 Å². The zero-order valence-electron chi connectivity index (χ0n) is 13.0. The van der Waals surface area contributed by atoms with Gasteiger partial charge in [0.2, 0.25) is 0 Å². The minimum absolute atomic E-state index is 0.0230. The second kappa shape index (κ2) is 7.54. The lowest BCUT2D eigenvalue weighted by Gasteiger charge is -2.11. The highest BCUT2D eigenvalue weighted by Crippen LogP contribution is 2.29. The summed E-state index contributed by atoms with van der Waals surface area (Å²) in [5.74, 6) is -0.663. The van der Waals surface area contributed by atoms with Crippen molar-refractivity contribution in [3.63, 3.8) is 0 Å². The number of carbonyl (C=O) groups is 2. The molecule has 2 aromatic rings. The first-order valence-corrected chi connectivity index (χ1v) is 6.96. The van der Waals surface area contributed by atoms with E-state index in [9.17, 15) is 18.4 Å². The van der Waals surface area contributed by atoms with Gasteiger partial charge < -0.3 is 14.8 Å². The van der Waals surface area contributed by atoms with Gasteiger partial charge in [0, 0.05) is 16.8 Å². The van der Waals surface area contributed by atoms with Gasteiger partial charge in [-0.2, -0.15) is 8.78 Å². The topological polar surface area (TPSA) is 64.6 Å². The second-order valence-corrected chi connectivity index (χ2v) is 4.83. The third-order valence-electron chi connectivity index (χ3n) is 3.19. The number of ketones is 1. The smallest absolute Gasteiger partial charge is 0.387 e. The van der Waals surface area contributed by atoms with Gasteiger partial charge in [0.25, 0.3) is 5.91 Å². The molecule has 7 heteroatoms. The second-order valence-electron chi connectivity index (χ2n) is 4.83. The average molecular weight is 335 g/mol. The van der Waals surface area contributed by atoms with Crippen LogP contribution in [0.5, 0.6) is 11.5 Å². The molecule has 0 saturated carbocycles. The number of Topliss-reactive ketones (excluding diaryl/α,β-unsaturated/α-hetero) is 1. The number of hydrogen-bond donors (Lipinski definition) is 1. The molecule has 126 valence electrons. The summed E-state index contributed by atoms with van der Waals surface area (Å²) in [6.07, 6.45) is 0. The minimum Gasteiger partial charge on any atom is -0.493 e. The van der Waals surface area contributed by atoms with E-state index in [-0.39, 0.29) is 22.8 Å². The SMILES string of the molecule is COc1cc(C(=O)Nc2ccc(C(C)=O)cc2)ccc1OC(F)F. The molecule has 1 N–H and O–H groups in total. The van der Waals surface area contributed by atoms with Crippen molar-refractivity contribution >= 4 is 17.4 Å². The standard InChI is InChI=1S/C17H15F2NO4/c1-10(21)11-3-6-13(7-4-11)20-16(22)12-5-8-14(24-17(18)19)15(9-12)23-2/h3-9,17H,1-2H3,(H,20,22). The summed E-state index contributed by atoms with van der Waals surface area (Å²) in [6, 6.07) is 10.3. The van der Waals surface area contributed by atoms with Crippen LogP contribution in [0.1, 0.15) is 27.6 Å². The maximum absolute atomic E-state index is 12.3. The monoisotopic (exact) mass is 335 g/mol. The van der Waals surface area contributed by atoms with Crippen molar-refractivity contribution < 1.29 is 27.8 Å². The van der Waals surface area contributed by atoms with Gasteiger partial charge in [-0.05, 0) is 49.4 Å². The number of halogens is 2. The van der Waals surface area contributed by atoms with Gasteiger partial charge in [0.05, 0.1) is 7.11 Å². The Hall–Kier alpha value is -2.96. The zero-order chi connectivity index (χ0) is 17.7. The van der Waals surface area contributed by atoms with Crippen LogP contribution in [0.4, 0.5) is 14.5 Å². The first-order valence-electron chi connectivity index (χ1n) is 6.96. The number of ether oxygens (including phenoxy) is 2. The lowest BCUT2D eigenvalue weighted by molar-refractivity contribution is -0.0512. The van der Waals surface area contributed by atoms with Gasteiger partial charge in [0.1, 0.15) is 0 Å². The Kier molecular flexibility index (Phi) is 5.47. The fourth-order valence-electron chi connectivity index (χ4n) is 1.99. The fourth-order valence-corrected chi connectivity index (χ4v) is 1.99. The molecule has 0 heterocycles. The van der Waals surface area contributed by atoms with Gasteiger partial charge in [-0.3, -0.25) is 9.59 Å². The summed E-state index contributed by atoms with van der Waals surface area (Å²) in [7, 11) is 1.29. The van der Waals surface area contributed by atoms with Crippen LogP contribution in [0.2, 0.25) is 0 Å². The largest absolute Gasteiger partial charge is 0.493 e. The van der Waals surface area contributed by atoms with E-state index in [1.807, 2.05) is 0 Å². The number of nitrogens with one attached hydrogen (secondary N) is 1. The first kappa shape index (κ1) is 17.4. The maximum atomic E-state index is 12.3. The molecule has 0 bridgehead atoms. The lowest BCUT2D eigenvalue weighted by atomic mass is 10.1. The van der Waals surface area contributed by atoms with Crippen LogP contribution in [0.3, 0.4) is 0 Å². The van der Waals surface area contributed by atoms with Crippen molar-refractivity contribution in [3.05, 3.63) is 53.6 Å². The van der Waals surface area contributed by atoms with Crippen LogP contribution in [0, 0.1) is 0 Å². The summed E-state index contributed by atoms with van der Waals surface area (Å²) in [5, 5.41) is 2.64. The van der Waals surface area contributed by atoms with E-state index in [0.717, 1.165) is 0 Å². The molecule has 2 aromatic carbocycles. The molecule has 2 rings (SSSR count). The van der Waals surface area contributed by atoms with Gasteiger partial charge in [-0.15, -0.1) is 0 Å². The van der Waals surface area contributed by atoms with E-state index in [1.54, 1.807) is 24.3 Å². The Balaban J connectivity index is 2.15. The molecule has 0 saturated heterocycles. The molecule has 0 radical (unpaired) electrons. The number of anilines is 1. The van der Waals surface area contributed by atoms with Gasteiger partial charge in [-0.1, -0.05) is 0 Å². The molecule has 0 aliphatic heterocycles.